The van der Waals surface area contributed by atoms with Crippen LogP contribution >= 0.6 is 0 Å². The van der Waals surface area contributed by atoms with E-state index in [-0.39, 0.29) is 5.41 Å². The Labute approximate surface area is 140 Å². The lowest BCUT2D eigenvalue weighted by Crippen LogP contribution is -2.19. The minimum Gasteiger partial charge on any atom is -0.0760 e. The van der Waals surface area contributed by atoms with Gasteiger partial charge < -0.3 is 0 Å². The van der Waals surface area contributed by atoms with Gasteiger partial charge in [-0.25, -0.2) is 0 Å². The van der Waals surface area contributed by atoms with Crippen LogP contribution < -0.4 is 0 Å². The van der Waals surface area contributed by atoms with Gasteiger partial charge in [0.25, 0.3) is 0 Å². The topological polar surface area (TPSA) is 0 Å². The van der Waals surface area contributed by atoms with Crippen LogP contribution in [0.5, 0.6) is 0 Å². The molecule has 0 radical (unpaired) electrons. The van der Waals surface area contributed by atoms with Gasteiger partial charge in [-0.2, -0.15) is 0 Å². The highest BCUT2D eigenvalue weighted by Gasteiger charge is 2.39. The normalized spacial score (nSPS) is 17.7. The molecule has 0 heteroatoms. The van der Waals surface area contributed by atoms with Gasteiger partial charge >= 0.3 is 0 Å². The minimum absolute atomic E-state index is 0.105. The molecule has 0 aliphatic heterocycles. The summed E-state index contributed by atoms with van der Waals surface area (Å²) in [6, 6.07) is 19.8. The second-order valence-corrected chi connectivity index (χ2v) is 6.55. The summed E-state index contributed by atoms with van der Waals surface area (Å²) in [6.07, 6.45) is 4.75. The number of benzene rings is 2. The van der Waals surface area contributed by atoms with E-state index in [9.17, 15) is 0 Å². The van der Waals surface area contributed by atoms with Gasteiger partial charge in [0, 0.05) is 5.41 Å². The van der Waals surface area contributed by atoms with Gasteiger partial charge in [-0.15, -0.1) is 0 Å². The molecule has 23 heavy (non-hydrogen) atoms. The van der Waals surface area contributed by atoms with Crippen LogP contribution in [0.15, 0.2) is 66.2 Å². The molecule has 2 aliphatic rings. The molecule has 0 heterocycles. The zero-order valence-corrected chi connectivity index (χ0v) is 14.7. The second kappa shape index (κ2) is 6.20. The van der Waals surface area contributed by atoms with Crippen molar-refractivity contribution in [1.29, 1.82) is 0 Å². The van der Waals surface area contributed by atoms with Crippen molar-refractivity contribution in [3.8, 4) is 0 Å². The molecule has 118 valence electrons. The smallest absolute Gasteiger partial charge is 0.0161 e. The highest BCUT2D eigenvalue weighted by molar-refractivity contribution is 5.97. The Hall–Kier alpha value is -2.08. The number of hydrogen-bond donors (Lipinski definition) is 0. The van der Waals surface area contributed by atoms with Crippen molar-refractivity contribution in [1.82, 2.24) is 0 Å². The van der Waals surface area contributed by atoms with E-state index in [1.165, 1.54) is 28.7 Å². The number of allylic oxidation sites excluding steroid dienone is 4. The van der Waals surface area contributed by atoms with E-state index in [2.05, 4.69) is 74.5 Å². The summed E-state index contributed by atoms with van der Waals surface area (Å²) < 4.78 is 0. The van der Waals surface area contributed by atoms with Gasteiger partial charge in [0.05, 0.1) is 0 Å². The van der Waals surface area contributed by atoms with Crippen LogP contribution in [0, 0.1) is 0 Å². The van der Waals surface area contributed by atoms with Crippen molar-refractivity contribution in [2.75, 3.05) is 0 Å². The third-order valence-corrected chi connectivity index (χ3v) is 4.95. The number of hydrogen-bond acceptors (Lipinski definition) is 0. The second-order valence-electron chi connectivity index (χ2n) is 6.55. The highest BCUT2D eigenvalue weighted by Crippen LogP contribution is 2.54. The Balaban J connectivity index is 0.000000753. The lowest BCUT2D eigenvalue weighted by molar-refractivity contribution is 0.655. The summed E-state index contributed by atoms with van der Waals surface area (Å²) in [5, 5.41) is 0. The van der Waals surface area contributed by atoms with E-state index in [4.69, 9.17) is 0 Å². The molecule has 0 nitrogen and oxygen atoms in total. The van der Waals surface area contributed by atoms with Gasteiger partial charge in [-0.3, -0.25) is 0 Å². The fraction of sp³-hybridized carbons (Fsp3) is 0.304. The Morgan fingerprint density at radius 1 is 0.826 bits per heavy atom. The zero-order chi connectivity index (χ0) is 16.4. The molecule has 0 N–H and O–H groups in total. The molecule has 0 saturated heterocycles. The summed E-state index contributed by atoms with van der Waals surface area (Å²) >= 11 is 0. The van der Waals surface area contributed by atoms with Gasteiger partial charge in [0.2, 0.25) is 0 Å². The third-order valence-electron chi connectivity index (χ3n) is 4.95. The highest BCUT2D eigenvalue weighted by atomic mass is 14.4. The Morgan fingerprint density at radius 3 is 2.22 bits per heavy atom. The standard InChI is InChI=1S/C21H20.C2H6/c1-21(2)19-14-7-6-11-17(19)18-13-8-12-16(20(18)21)15-9-4-3-5-10-15;1-2/h3-7,9-12,14H,8,13H2,1-2H3;1-2H3. The lowest BCUT2D eigenvalue weighted by Gasteiger charge is -2.29. The van der Waals surface area contributed by atoms with Crippen LogP contribution in [0.1, 0.15) is 57.2 Å². The Kier molecular flexibility index (Phi) is 4.26. The van der Waals surface area contributed by atoms with Crippen LogP contribution in [-0.4, -0.2) is 0 Å². The van der Waals surface area contributed by atoms with E-state index < -0.39 is 0 Å². The van der Waals surface area contributed by atoms with Crippen molar-refractivity contribution in [2.45, 2.75) is 46.0 Å². The molecule has 2 aromatic rings. The van der Waals surface area contributed by atoms with Crippen molar-refractivity contribution in [3.63, 3.8) is 0 Å². The maximum absolute atomic E-state index is 2.43. The van der Waals surface area contributed by atoms with Crippen molar-refractivity contribution in [3.05, 3.63) is 82.9 Å². The average Bonchev–Trinajstić information content (AvgIpc) is 2.86. The summed E-state index contributed by atoms with van der Waals surface area (Å²) in [7, 11) is 0. The largest absolute Gasteiger partial charge is 0.0760 e. The SMILES string of the molecule is CC.CC1(C)C2=C(CCC=C2c2ccccc2)c2ccccc21. The molecule has 2 aromatic carbocycles. The van der Waals surface area contributed by atoms with Gasteiger partial charge in [-0.1, -0.05) is 88.4 Å². The van der Waals surface area contributed by atoms with E-state index in [0.717, 1.165) is 6.42 Å². The average molecular weight is 302 g/mol. The summed E-state index contributed by atoms with van der Waals surface area (Å²) in [5.41, 5.74) is 8.97. The molecule has 2 aliphatic carbocycles. The molecule has 0 amide bonds. The fourth-order valence-corrected chi connectivity index (χ4v) is 4.04. The molecule has 0 aromatic heterocycles. The molecular formula is C23H26. The van der Waals surface area contributed by atoms with E-state index in [1.807, 2.05) is 13.8 Å². The number of rotatable bonds is 1. The Bertz CT molecular complexity index is 758. The molecule has 0 spiro atoms. The van der Waals surface area contributed by atoms with E-state index in [1.54, 1.807) is 11.1 Å². The first kappa shape index (κ1) is 15.8. The number of fused-ring (bicyclic) bond motifs is 2. The fourth-order valence-electron chi connectivity index (χ4n) is 4.04. The summed E-state index contributed by atoms with van der Waals surface area (Å²) in [6.45, 7) is 8.74. The van der Waals surface area contributed by atoms with Crippen LogP contribution in [0.4, 0.5) is 0 Å². The third kappa shape index (κ3) is 2.47. The van der Waals surface area contributed by atoms with Crippen molar-refractivity contribution >= 4 is 11.1 Å². The summed E-state index contributed by atoms with van der Waals surface area (Å²) in [4.78, 5) is 0. The van der Waals surface area contributed by atoms with Crippen LogP contribution in [0.2, 0.25) is 0 Å². The molecule has 0 atom stereocenters. The lowest BCUT2D eigenvalue weighted by atomic mass is 9.74. The van der Waals surface area contributed by atoms with E-state index >= 15 is 0 Å². The maximum Gasteiger partial charge on any atom is 0.0161 e. The quantitative estimate of drug-likeness (QED) is 0.554. The van der Waals surface area contributed by atoms with E-state index in [0.29, 0.717) is 0 Å². The molecular weight excluding hydrogens is 276 g/mol. The monoisotopic (exact) mass is 302 g/mol. The molecule has 4 rings (SSSR count). The molecule has 0 bridgehead atoms. The van der Waals surface area contributed by atoms with Crippen molar-refractivity contribution < 1.29 is 0 Å². The van der Waals surface area contributed by atoms with Crippen LogP contribution in [0.25, 0.3) is 11.1 Å². The van der Waals surface area contributed by atoms with Crippen molar-refractivity contribution in [2.24, 2.45) is 0 Å². The maximum atomic E-state index is 2.43. The first-order valence-corrected chi connectivity index (χ1v) is 8.79. The first-order valence-electron chi connectivity index (χ1n) is 8.79. The first-order chi connectivity index (χ1) is 11.2. The molecule has 0 saturated carbocycles. The molecule has 0 unspecified atom stereocenters. The van der Waals surface area contributed by atoms with Gasteiger partial charge in [-0.05, 0) is 46.3 Å². The predicted octanol–water partition coefficient (Wildman–Crippen LogP) is 6.64. The minimum atomic E-state index is 0.105. The zero-order valence-electron chi connectivity index (χ0n) is 14.7. The van der Waals surface area contributed by atoms with Crippen LogP contribution in [0.3, 0.4) is 0 Å². The van der Waals surface area contributed by atoms with Crippen LogP contribution in [-0.2, 0) is 5.41 Å². The summed E-state index contributed by atoms with van der Waals surface area (Å²) in [5.74, 6) is 0. The van der Waals surface area contributed by atoms with Gasteiger partial charge in [0.1, 0.15) is 0 Å². The molecule has 0 fully saturated rings. The van der Waals surface area contributed by atoms with Gasteiger partial charge in [0.15, 0.2) is 0 Å². The Morgan fingerprint density at radius 2 is 1.48 bits per heavy atom. The predicted molar refractivity (Wildman–Crippen MR) is 101 cm³/mol.